The van der Waals surface area contributed by atoms with Crippen molar-refractivity contribution in [1.82, 2.24) is 10.6 Å². The van der Waals surface area contributed by atoms with Crippen molar-refractivity contribution in [3.8, 4) is 17.6 Å². The van der Waals surface area contributed by atoms with Crippen LogP contribution in [0.5, 0.6) is 11.5 Å². The highest BCUT2D eigenvalue weighted by Gasteiger charge is 2.64. The Labute approximate surface area is 226 Å². The number of hydrogen-bond acceptors (Lipinski definition) is 6. The summed E-state index contributed by atoms with van der Waals surface area (Å²) in [5, 5.41) is 16.0. The number of hydrogen-bond donors (Lipinski definition) is 2. The molecule has 3 fully saturated rings. The van der Waals surface area contributed by atoms with Gasteiger partial charge in [0.15, 0.2) is 0 Å². The molecule has 1 saturated carbocycles. The van der Waals surface area contributed by atoms with E-state index in [0.29, 0.717) is 22.6 Å². The van der Waals surface area contributed by atoms with Crippen LogP contribution in [-0.2, 0) is 0 Å². The minimum Gasteiger partial charge on any atom is -0.495 e. The van der Waals surface area contributed by atoms with E-state index in [2.05, 4.69) is 61.4 Å². The standard InChI is InChI=1S/C31H40N4O3/c1-30(2)28(31(3,4)29(30)38-25-11-8-22(17-32)26(16-25)37-5)34-27(36)21-6-9-24(10-7-21)35-14-12-20(13-15-35)23-18-33-19-23/h6-11,16,20,23,28-29,33H,12-15,18-19H2,1-5H3,(H,34,36). The Morgan fingerprint density at radius 3 is 2.24 bits per heavy atom. The third-order valence-corrected chi connectivity index (χ3v) is 9.18. The molecule has 0 aromatic heterocycles. The van der Waals surface area contributed by atoms with E-state index in [9.17, 15) is 10.1 Å². The topological polar surface area (TPSA) is 86.6 Å². The van der Waals surface area contributed by atoms with E-state index in [0.717, 1.165) is 24.9 Å². The number of nitrogens with one attached hydrogen (secondary N) is 2. The Hall–Kier alpha value is -3.24. The van der Waals surface area contributed by atoms with Gasteiger partial charge in [-0.1, -0.05) is 27.7 Å². The zero-order valence-corrected chi connectivity index (χ0v) is 23.2. The molecule has 0 spiro atoms. The summed E-state index contributed by atoms with van der Waals surface area (Å²) in [6.45, 7) is 13.0. The Balaban J connectivity index is 1.20. The molecule has 7 heteroatoms. The highest BCUT2D eigenvalue weighted by molar-refractivity contribution is 5.95. The maximum atomic E-state index is 13.3. The molecule has 202 valence electrons. The van der Waals surface area contributed by atoms with E-state index < -0.39 is 0 Å². The minimum atomic E-state index is -0.291. The van der Waals surface area contributed by atoms with Crippen LogP contribution < -0.4 is 25.0 Å². The van der Waals surface area contributed by atoms with E-state index in [-0.39, 0.29) is 28.9 Å². The molecule has 0 radical (unpaired) electrons. The van der Waals surface area contributed by atoms with E-state index >= 15 is 0 Å². The first kappa shape index (κ1) is 26.4. The second-order valence-electron chi connectivity index (χ2n) is 12.3. The summed E-state index contributed by atoms with van der Waals surface area (Å²) in [7, 11) is 1.55. The van der Waals surface area contributed by atoms with Crippen molar-refractivity contribution in [2.24, 2.45) is 22.7 Å². The lowest BCUT2D eigenvalue weighted by atomic mass is 9.49. The lowest BCUT2D eigenvalue weighted by Gasteiger charge is -2.63. The largest absolute Gasteiger partial charge is 0.495 e. The molecule has 5 rings (SSSR count). The zero-order chi connectivity index (χ0) is 27.1. The van der Waals surface area contributed by atoms with Crippen LogP contribution in [0.3, 0.4) is 0 Å². The lowest BCUT2D eigenvalue weighted by Crippen LogP contribution is -2.74. The zero-order valence-electron chi connectivity index (χ0n) is 23.2. The first-order valence-corrected chi connectivity index (χ1v) is 13.8. The molecule has 2 N–H and O–H groups in total. The second kappa shape index (κ2) is 10.1. The predicted molar refractivity (Wildman–Crippen MR) is 149 cm³/mol. The second-order valence-corrected chi connectivity index (χ2v) is 12.3. The van der Waals surface area contributed by atoms with Crippen molar-refractivity contribution < 1.29 is 14.3 Å². The van der Waals surface area contributed by atoms with Crippen LogP contribution in [0.25, 0.3) is 0 Å². The summed E-state index contributed by atoms with van der Waals surface area (Å²) in [6, 6.07) is 15.4. The molecule has 3 aliphatic rings. The third-order valence-electron chi connectivity index (χ3n) is 9.18. The van der Waals surface area contributed by atoms with Crippen LogP contribution in [-0.4, -0.2) is 51.3 Å². The molecule has 38 heavy (non-hydrogen) atoms. The monoisotopic (exact) mass is 516 g/mol. The van der Waals surface area contributed by atoms with Gasteiger partial charge in [0, 0.05) is 47.3 Å². The fourth-order valence-electron chi connectivity index (χ4n) is 7.08. The van der Waals surface area contributed by atoms with Crippen LogP contribution >= 0.6 is 0 Å². The highest BCUT2D eigenvalue weighted by atomic mass is 16.5. The summed E-state index contributed by atoms with van der Waals surface area (Å²) >= 11 is 0. The Kier molecular flexibility index (Phi) is 7.04. The SMILES string of the molecule is COc1cc(OC2C(C)(C)C(NC(=O)c3ccc(N4CCC(C5CNC5)CC4)cc3)C2(C)C)ccc1C#N. The predicted octanol–water partition coefficient (Wildman–Crippen LogP) is 4.61. The van der Waals surface area contributed by atoms with E-state index in [1.165, 1.54) is 31.6 Å². The van der Waals surface area contributed by atoms with Gasteiger partial charge in [0.05, 0.1) is 12.7 Å². The number of anilines is 1. The van der Waals surface area contributed by atoms with Crippen molar-refractivity contribution >= 4 is 11.6 Å². The molecule has 2 aromatic rings. The maximum Gasteiger partial charge on any atom is 0.251 e. The van der Waals surface area contributed by atoms with Crippen molar-refractivity contribution in [1.29, 1.82) is 5.26 Å². The van der Waals surface area contributed by atoms with Crippen LogP contribution in [0.15, 0.2) is 42.5 Å². The molecule has 1 aliphatic carbocycles. The molecule has 0 bridgehead atoms. The van der Waals surface area contributed by atoms with E-state index in [4.69, 9.17) is 9.47 Å². The van der Waals surface area contributed by atoms with Gasteiger partial charge in [-0.15, -0.1) is 0 Å². The smallest absolute Gasteiger partial charge is 0.251 e. The Bertz CT molecular complexity index is 1190. The van der Waals surface area contributed by atoms with Gasteiger partial charge in [0.1, 0.15) is 23.7 Å². The summed E-state index contributed by atoms with van der Waals surface area (Å²) in [4.78, 5) is 15.7. The highest BCUT2D eigenvalue weighted by Crippen LogP contribution is 2.55. The van der Waals surface area contributed by atoms with Gasteiger partial charge in [-0.25, -0.2) is 0 Å². The molecule has 0 unspecified atom stereocenters. The molecule has 7 nitrogen and oxygen atoms in total. The first-order valence-electron chi connectivity index (χ1n) is 13.8. The molecular weight excluding hydrogens is 476 g/mol. The van der Waals surface area contributed by atoms with Gasteiger partial charge in [0.2, 0.25) is 0 Å². The Morgan fingerprint density at radius 2 is 1.68 bits per heavy atom. The quantitative estimate of drug-likeness (QED) is 0.559. The van der Waals surface area contributed by atoms with Crippen LogP contribution in [0.1, 0.15) is 56.5 Å². The molecule has 2 aromatic carbocycles. The third kappa shape index (κ3) is 4.71. The Morgan fingerprint density at radius 1 is 1.03 bits per heavy atom. The molecule has 1 amide bonds. The van der Waals surface area contributed by atoms with Crippen LogP contribution in [0, 0.1) is 34.0 Å². The van der Waals surface area contributed by atoms with Gasteiger partial charge in [-0.3, -0.25) is 4.79 Å². The number of methoxy groups -OCH3 is 1. The average Bonchev–Trinajstić information content (AvgIpc) is 2.89. The number of carbonyl (C=O) groups is 1. The fraction of sp³-hybridized carbons (Fsp3) is 0.548. The normalized spacial score (nSPS) is 24.5. The average molecular weight is 517 g/mol. The van der Waals surface area contributed by atoms with Crippen LogP contribution in [0.2, 0.25) is 0 Å². The van der Waals surface area contributed by atoms with Crippen molar-refractivity contribution in [2.45, 2.75) is 52.7 Å². The van der Waals surface area contributed by atoms with Gasteiger partial charge >= 0.3 is 0 Å². The van der Waals surface area contributed by atoms with Crippen molar-refractivity contribution in [3.05, 3.63) is 53.6 Å². The number of nitriles is 1. The molecule has 2 heterocycles. The molecular formula is C31H40N4O3. The number of ether oxygens (including phenoxy) is 2. The van der Waals surface area contributed by atoms with Crippen LogP contribution in [0.4, 0.5) is 5.69 Å². The number of amides is 1. The van der Waals surface area contributed by atoms with Gasteiger partial charge < -0.3 is 25.0 Å². The fourth-order valence-corrected chi connectivity index (χ4v) is 7.08. The summed E-state index contributed by atoms with van der Waals surface area (Å²) in [5.41, 5.74) is 1.76. The first-order chi connectivity index (χ1) is 18.1. The summed E-state index contributed by atoms with van der Waals surface area (Å²) in [5.74, 6) is 2.80. The number of benzene rings is 2. The van der Waals surface area contributed by atoms with Gasteiger partial charge in [0.25, 0.3) is 5.91 Å². The summed E-state index contributed by atoms with van der Waals surface area (Å²) in [6.07, 6.45) is 2.37. The summed E-state index contributed by atoms with van der Waals surface area (Å²) < 4.78 is 11.7. The van der Waals surface area contributed by atoms with E-state index in [1.54, 1.807) is 25.3 Å². The van der Waals surface area contributed by atoms with Gasteiger partial charge in [-0.2, -0.15) is 5.26 Å². The molecule has 2 aliphatic heterocycles. The lowest BCUT2D eigenvalue weighted by molar-refractivity contribution is -0.164. The maximum absolute atomic E-state index is 13.3. The molecule has 2 saturated heterocycles. The minimum absolute atomic E-state index is 0.0580. The number of rotatable bonds is 7. The van der Waals surface area contributed by atoms with Crippen molar-refractivity contribution in [3.63, 3.8) is 0 Å². The number of carbonyl (C=O) groups excluding carboxylic acids is 1. The number of piperidine rings is 1. The molecule has 0 atom stereocenters. The van der Waals surface area contributed by atoms with E-state index in [1.807, 2.05) is 12.1 Å². The van der Waals surface area contributed by atoms with Gasteiger partial charge in [-0.05, 0) is 74.2 Å². The number of nitrogens with zero attached hydrogens (tertiary/aromatic N) is 2. The van der Waals surface area contributed by atoms with Crippen molar-refractivity contribution in [2.75, 3.05) is 38.2 Å².